The zero-order valence-electron chi connectivity index (χ0n) is 12.2. The molecule has 0 aliphatic heterocycles. The van der Waals surface area contributed by atoms with Crippen molar-refractivity contribution in [2.45, 2.75) is 19.9 Å². The van der Waals surface area contributed by atoms with Gasteiger partial charge < -0.3 is 9.88 Å². The molecule has 0 unspecified atom stereocenters. The molecule has 0 spiro atoms. The Balaban J connectivity index is 1.87. The first-order chi connectivity index (χ1) is 10.1. The number of para-hydroxylation sites is 1. The topological polar surface area (TPSA) is 75.6 Å². The van der Waals surface area contributed by atoms with Gasteiger partial charge in [0.25, 0.3) is 5.91 Å². The van der Waals surface area contributed by atoms with E-state index >= 15 is 0 Å². The van der Waals surface area contributed by atoms with Crippen LogP contribution in [-0.4, -0.2) is 25.7 Å². The van der Waals surface area contributed by atoms with E-state index in [0.29, 0.717) is 11.4 Å². The van der Waals surface area contributed by atoms with Gasteiger partial charge in [0.1, 0.15) is 5.82 Å². The number of rotatable bonds is 3. The summed E-state index contributed by atoms with van der Waals surface area (Å²) in [5.41, 5.74) is 1.69. The van der Waals surface area contributed by atoms with E-state index in [1.54, 1.807) is 0 Å². The van der Waals surface area contributed by atoms with E-state index in [0.717, 1.165) is 16.7 Å². The molecular weight excluding hydrogens is 266 g/mol. The number of hydrogen-bond donors (Lipinski definition) is 2. The summed E-state index contributed by atoms with van der Waals surface area (Å²) in [7, 11) is 1.93. The van der Waals surface area contributed by atoms with E-state index in [1.165, 1.54) is 0 Å². The van der Waals surface area contributed by atoms with E-state index in [9.17, 15) is 4.79 Å². The van der Waals surface area contributed by atoms with Crippen LogP contribution in [0.1, 0.15) is 35.0 Å². The third-order valence-corrected chi connectivity index (χ3v) is 3.49. The highest BCUT2D eigenvalue weighted by Gasteiger charge is 2.18. The number of carbonyl (C=O) groups is 1. The van der Waals surface area contributed by atoms with Gasteiger partial charge in [-0.1, -0.05) is 18.2 Å². The van der Waals surface area contributed by atoms with Crippen LogP contribution in [0.3, 0.4) is 0 Å². The van der Waals surface area contributed by atoms with Crippen molar-refractivity contribution in [3.8, 4) is 0 Å². The third kappa shape index (κ3) is 2.40. The van der Waals surface area contributed by atoms with Gasteiger partial charge in [-0.05, 0) is 19.9 Å². The lowest BCUT2D eigenvalue weighted by Crippen LogP contribution is -2.27. The predicted octanol–water partition coefficient (Wildman–Crippen LogP) is 2.10. The van der Waals surface area contributed by atoms with Crippen LogP contribution >= 0.6 is 0 Å². The smallest absolute Gasteiger partial charge is 0.254 e. The zero-order valence-corrected chi connectivity index (χ0v) is 12.2. The Kier molecular flexibility index (Phi) is 3.21. The lowest BCUT2D eigenvalue weighted by atomic mass is 10.1. The van der Waals surface area contributed by atoms with Crippen molar-refractivity contribution < 1.29 is 4.79 Å². The van der Waals surface area contributed by atoms with Crippen LogP contribution in [0.5, 0.6) is 0 Å². The number of fused-ring (bicyclic) bond motifs is 1. The lowest BCUT2D eigenvalue weighted by molar-refractivity contribution is 0.0940. The molecule has 1 amide bonds. The number of nitrogens with one attached hydrogen (secondary N) is 2. The minimum atomic E-state index is -0.249. The van der Waals surface area contributed by atoms with Crippen molar-refractivity contribution in [1.82, 2.24) is 25.1 Å². The molecule has 3 rings (SSSR count). The van der Waals surface area contributed by atoms with E-state index in [4.69, 9.17) is 0 Å². The van der Waals surface area contributed by atoms with E-state index in [2.05, 4.69) is 20.5 Å². The third-order valence-electron chi connectivity index (χ3n) is 3.49. The number of nitrogens with zero attached hydrogens (tertiary/aromatic N) is 3. The van der Waals surface area contributed by atoms with Gasteiger partial charge in [0, 0.05) is 24.1 Å². The minimum absolute atomic E-state index is 0.123. The molecule has 1 atom stereocenters. The van der Waals surface area contributed by atoms with E-state index in [-0.39, 0.29) is 11.9 Å². The summed E-state index contributed by atoms with van der Waals surface area (Å²) in [5.74, 6) is 1.19. The van der Waals surface area contributed by atoms with Crippen LogP contribution in [0.4, 0.5) is 0 Å². The number of aryl methyl sites for hydroxylation is 2. The average molecular weight is 283 g/mol. The van der Waals surface area contributed by atoms with Crippen molar-refractivity contribution in [2.75, 3.05) is 0 Å². The molecule has 6 nitrogen and oxygen atoms in total. The van der Waals surface area contributed by atoms with Gasteiger partial charge in [-0.25, -0.2) is 4.98 Å². The first kappa shape index (κ1) is 13.4. The summed E-state index contributed by atoms with van der Waals surface area (Å²) >= 11 is 0. The van der Waals surface area contributed by atoms with Crippen molar-refractivity contribution in [1.29, 1.82) is 0 Å². The maximum absolute atomic E-state index is 12.5. The predicted molar refractivity (Wildman–Crippen MR) is 79.9 cm³/mol. The van der Waals surface area contributed by atoms with Crippen molar-refractivity contribution in [2.24, 2.45) is 7.05 Å². The van der Waals surface area contributed by atoms with Crippen LogP contribution in [0, 0.1) is 6.92 Å². The number of amides is 1. The molecule has 2 aromatic heterocycles. The van der Waals surface area contributed by atoms with Gasteiger partial charge in [0.05, 0.1) is 11.6 Å². The number of H-pyrrole nitrogens is 1. The highest BCUT2D eigenvalue weighted by atomic mass is 16.1. The summed E-state index contributed by atoms with van der Waals surface area (Å²) < 4.78 is 1.95. The van der Waals surface area contributed by atoms with Gasteiger partial charge in [0.15, 0.2) is 5.82 Å². The minimum Gasteiger partial charge on any atom is -0.350 e. The van der Waals surface area contributed by atoms with E-state index in [1.807, 2.05) is 55.9 Å². The molecule has 2 N–H and O–H groups in total. The molecular formula is C15H17N5O. The van der Waals surface area contributed by atoms with Crippen LogP contribution < -0.4 is 5.32 Å². The molecule has 6 heteroatoms. The molecule has 21 heavy (non-hydrogen) atoms. The Morgan fingerprint density at radius 2 is 2.14 bits per heavy atom. The average Bonchev–Trinajstić information content (AvgIpc) is 3.04. The van der Waals surface area contributed by atoms with Crippen LogP contribution in [0.15, 0.2) is 30.5 Å². The van der Waals surface area contributed by atoms with Gasteiger partial charge in [0.2, 0.25) is 0 Å². The summed E-state index contributed by atoms with van der Waals surface area (Å²) in [6, 6.07) is 7.59. The van der Waals surface area contributed by atoms with Gasteiger partial charge in [-0.3, -0.25) is 9.89 Å². The Morgan fingerprint density at radius 3 is 2.86 bits per heavy atom. The molecule has 0 radical (unpaired) electrons. The second-order valence-electron chi connectivity index (χ2n) is 5.14. The number of hydrogen-bond acceptors (Lipinski definition) is 3. The van der Waals surface area contributed by atoms with Gasteiger partial charge >= 0.3 is 0 Å². The summed E-state index contributed by atoms with van der Waals surface area (Å²) in [5, 5.41) is 10.7. The Bertz CT molecular complexity index is 801. The quantitative estimate of drug-likeness (QED) is 0.773. The molecule has 0 saturated heterocycles. The summed E-state index contributed by atoms with van der Waals surface area (Å²) in [6.45, 7) is 3.70. The molecule has 0 saturated carbocycles. The first-order valence-corrected chi connectivity index (χ1v) is 6.80. The fourth-order valence-electron chi connectivity index (χ4n) is 2.42. The molecule has 2 heterocycles. The van der Waals surface area contributed by atoms with Crippen LogP contribution in [0.2, 0.25) is 0 Å². The summed E-state index contributed by atoms with van der Waals surface area (Å²) in [6.07, 6.45) is 1.84. The van der Waals surface area contributed by atoms with E-state index < -0.39 is 0 Å². The zero-order chi connectivity index (χ0) is 15.0. The number of aromatic amines is 1. The fourth-order valence-corrected chi connectivity index (χ4v) is 2.42. The second-order valence-corrected chi connectivity index (χ2v) is 5.14. The number of aromatic nitrogens is 4. The highest BCUT2D eigenvalue weighted by molar-refractivity contribution is 6.07. The van der Waals surface area contributed by atoms with Gasteiger partial charge in [-0.15, -0.1) is 0 Å². The molecule has 108 valence electrons. The van der Waals surface area contributed by atoms with Crippen LogP contribution in [0.25, 0.3) is 10.9 Å². The maximum Gasteiger partial charge on any atom is 0.254 e. The largest absolute Gasteiger partial charge is 0.350 e. The maximum atomic E-state index is 12.5. The SMILES string of the molecule is Cc1nc([C@@H](C)NC(=O)c2cn(C)c3ccccc23)n[nH]1. The lowest BCUT2D eigenvalue weighted by Gasteiger charge is -2.09. The molecule has 0 fully saturated rings. The Hall–Kier alpha value is -2.63. The first-order valence-electron chi connectivity index (χ1n) is 6.80. The van der Waals surface area contributed by atoms with Crippen molar-refractivity contribution in [3.05, 3.63) is 47.7 Å². The van der Waals surface area contributed by atoms with Gasteiger partial charge in [-0.2, -0.15) is 5.10 Å². The molecule has 0 aliphatic rings. The Labute approximate surface area is 122 Å². The number of benzene rings is 1. The normalized spacial score (nSPS) is 12.5. The monoisotopic (exact) mass is 283 g/mol. The second kappa shape index (κ2) is 5.05. The standard InChI is InChI=1S/C15H17N5O/c1-9(14-17-10(2)18-19-14)16-15(21)12-8-20(3)13-7-5-4-6-11(12)13/h4-9H,1-3H3,(H,16,21)(H,17,18,19)/t9-/m1/s1. The van der Waals surface area contributed by atoms with Crippen molar-refractivity contribution >= 4 is 16.8 Å². The van der Waals surface area contributed by atoms with Crippen LogP contribution in [-0.2, 0) is 7.05 Å². The Morgan fingerprint density at radius 1 is 1.38 bits per heavy atom. The van der Waals surface area contributed by atoms with Crippen molar-refractivity contribution in [3.63, 3.8) is 0 Å². The fraction of sp³-hybridized carbons (Fsp3) is 0.267. The molecule has 1 aromatic carbocycles. The molecule has 0 aliphatic carbocycles. The number of carbonyl (C=O) groups excluding carboxylic acids is 1. The molecule has 0 bridgehead atoms. The highest BCUT2D eigenvalue weighted by Crippen LogP contribution is 2.21. The summed E-state index contributed by atoms with van der Waals surface area (Å²) in [4.78, 5) is 16.7. The molecule has 3 aromatic rings.